The normalized spacial score (nSPS) is 11.3. The minimum atomic E-state index is -4.80. The Hall–Kier alpha value is -3.16. The van der Waals surface area contributed by atoms with Crippen molar-refractivity contribution < 1.29 is 31.6 Å². The molecular formula is C18H18F3N6O4P. The summed E-state index contributed by atoms with van der Waals surface area (Å²) in [6.07, 6.45) is 0. The van der Waals surface area contributed by atoms with Crippen LogP contribution in [-0.4, -0.2) is 0 Å². The van der Waals surface area contributed by atoms with E-state index in [2.05, 4.69) is 0 Å². The quantitative estimate of drug-likeness (QED) is 0.243. The van der Waals surface area contributed by atoms with Gasteiger partial charge >= 0.3 is 7.82 Å². The van der Waals surface area contributed by atoms with Gasteiger partial charge in [0.2, 0.25) is 0 Å². The monoisotopic (exact) mass is 470 g/mol. The Balaban J connectivity index is 1.84. The molecule has 0 aromatic heterocycles. The molecule has 3 aromatic rings. The van der Waals surface area contributed by atoms with Crippen LogP contribution in [0, 0.1) is 17.5 Å². The highest BCUT2D eigenvalue weighted by molar-refractivity contribution is 7.48. The van der Waals surface area contributed by atoms with Gasteiger partial charge in [-0.15, -0.1) is 13.9 Å². The largest absolute Gasteiger partial charge is 0.543 e. The summed E-state index contributed by atoms with van der Waals surface area (Å²) in [5.41, 5.74) is 0.193. The molecule has 0 spiro atoms. The Morgan fingerprint density at radius 2 is 0.750 bits per heavy atom. The zero-order valence-corrected chi connectivity index (χ0v) is 17.1. The SMILES string of the molecule is NN(OP(=O)(ON(N)c1ccc(F)cc1)ON(N)c1ccc(F)cc1)c1ccc(F)cc1. The molecule has 0 aliphatic heterocycles. The lowest BCUT2D eigenvalue weighted by atomic mass is 10.3. The van der Waals surface area contributed by atoms with Gasteiger partial charge in [-0.1, -0.05) is 0 Å². The molecule has 0 bridgehead atoms. The van der Waals surface area contributed by atoms with E-state index in [9.17, 15) is 17.7 Å². The van der Waals surface area contributed by atoms with Crippen LogP contribution in [-0.2, 0) is 18.4 Å². The molecule has 14 heteroatoms. The van der Waals surface area contributed by atoms with Crippen molar-refractivity contribution >= 4 is 24.9 Å². The second-order valence-electron chi connectivity index (χ2n) is 6.10. The van der Waals surface area contributed by atoms with Gasteiger partial charge in [0.15, 0.2) is 0 Å². The van der Waals surface area contributed by atoms with E-state index >= 15 is 0 Å². The van der Waals surface area contributed by atoms with Crippen LogP contribution < -0.4 is 33.0 Å². The number of halogens is 3. The molecule has 3 aromatic carbocycles. The molecule has 0 heterocycles. The Labute approximate surface area is 180 Å². The number of hydrogen-bond acceptors (Lipinski definition) is 10. The van der Waals surface area contributed by atoms with Crippen molar-refractivity contribution in [2.24, 2.45) is 17.5 Å². The summed E-state index contributed by atoms with van der Waals surface area (Å²) >= 11 is 0. The summed E-state index contributed by atoms with van der Waals surface area (Å²) in [5.74, 6) is 15.6. The van der Waals surface area contributed by atoms with E-state index < -0.39 is 25.3 Å². The second kappa shape index (κ2) is 9.97. The Morgan fingerprint density at radius 1 is 0.531 bits per heavy atom. The molecule has 0 amide bonds. The highest BCUT2D eigenvalue weighted by atomic mass is 31.2. The zero-order chi connectivity index (χ0) is 23.3. The summed E-state index contributed by atoms with van der Waals surface area (Å²) in [6.45, 7) is 0. The van der Waals surface area contributed by atoms with Crippen LogP contribution in [0.5, 0.6) is 0 Å². The maximum absolute atomic E-state index is 13.3. The number of hydrogen-bond donors (Lipinski definition) is 3. The van der Waals surface area contributed by atoms with E-state index in [4.69, 9.17) is 31.4 Å². The third-order valence-electron chi connectivity index (χ3n) is 3.81. The predicted molar refractivity (Wildman–Crippen MR) is 110 cm³/mol. The lowest BCUT2D eigenvalue weighted by Crippen LogP contribution is -2.38. The zero-order valence-electron chi connectivity index (χ0n) is 16.2. The molecule has 3 rings (SSSR count). The van der Waals surface area contributed by atoms with E-state index in [0.717, 1.165) is 36.4 Å². The van der Waals surface area contributed by atoms with Gasteiger partial charge < -0.3 is 0 Å². The van der Waals surface area contributed by atoms with Crippen LogP contribution in [0.4, 0.5) is 30.2 Å². The molecule has 0 aliphatic rings. The minimum absolute atomic E-state index is 0.0644. The van der Waals surface area contributed by atoms with Gasteiger partial charge in [0, 0.05) is 0 Å². The third kappa shape index (κ3) is 6.18. The molecular weight excluding hydrogens is 452 g/mol. The van der Waals surface area contributed by atoms with Gasteiger partial charge in [-0.25, -0.2) is 35.3 Å². The molecule has 10 nitrogen and oxygen atoms in total. The maximum atomic E-state index is 13.3. The number of hydrazine groups is 3. The first kappa shape index (κ1) is 23.5. The van der Waals surface area contributed by atoms with Crippen molar-refractivity contribution in [1.29, 1.82) is 0 Å². The standard InChI is InChI=1S/C18H18F3N6O4P/c19-13-1-7-16(8-2-13)25(22)29-32(28,30-26(23)17-9-3-14(20)4-10-17)31-27(24)18-11-5-15(21)6-12-18/h1-12H,22-24H2. The number of nitrogens with two attached hydrogens (primary N) is 3. The van der Waals surface area contributed by atoms with Gasteiger partial charge in [0.05, 0.1) is 17.1 Å². The lowest BCUT2D eigenvalue weighted by molar-refractivity contribution is 0.0860. The molecule has 32 heavy (non-hydrogen) atoms. The van der Waals surface area contributed by atoms with Gasteiger partial charge in [0.1, 0.15) is 17.5 Å². The summed E-state index contributed by atoms with van der Waals surface area (Å²) < 4.78 is 68.1. The smallest absolute Gasteiger partial charge is 0.222 e. The van der Waals surface area contributed by atoms with E-state index in [-0.39, 0.29) is 17.1 Å². The van der Waals surface area contributed by atoms with Crippen molar-refractivity contribution in [1.82, 2.24) is 0 Å². The predicted octanol–water partition coefficient (Wildman–Crippen LogP) is 3.45. The first-order valence-corrected chi connectivity index (χ1v) is 10.2. The van der Waals surface area contributed by atoms with Gasteiger partial charge in [0.25, 0.3) is 0 Å². The molecule has 6 N–H and O–H groups in total. The fraction of sp³-hybridized carbons (Fsp3) is 0. The lowest BCUT2D eigenvalue weighted by Gasteiger charge is -2.29. The average Bonchev–Trinajstić information content (AvgIpc) is 2.74. The van der Waals surface area contributed by atoms with Crippen molar-refractivity contribution in [2.75, 3.05) is 15.5 Å². The first-order valence-electron chi connectivity index (χ1n) is 8.75. The van der Waals surface area contributed by atoms with Crippen LogP contribution in [0.3, 0.4) is 0 Å². The van der Waals surface area contributed by atoms with Crippen LogP contribution in [0.15, 0.2) is 72.8 Å². The van der Waals surface area contributed by atoms with Crippen molar-refractivity contribution in [3.05, 3.63) is 90.2 Å². The highest BCUT2D eigenvalue weighted by Gasteiger charge is 2.37. The maximum Gasteiger partial charge on any atom is 0.543 e. The van der Waals surface area contributed by atoms with Crippen LogP contribution in [0.25, 0.3) is 0 Å². The molecule has 0 saturated carbocycles. The van der Waals surface area contributed by atoms with E-state index in [1.165, 1.54) is 36.4 Å². The van der Waals surface area contributed by atoms with Crippen LogP contribution >= 0.6 is 7.82 Å². The van der Waals surface area contributed by atoms with Crippen LogP contribution in [0.2, 0.25) is 0 Å². The number of benzene rings is 3. The summed E-state index contributed by atoms with van der Waals surface area (Å²) in [4.78, 5) is 0. The Morgan fingerprint density at radius 3 is 0.969 bits per heavy atom. The van der Waals surface area contributed by atoms with Gasteiger partial charge in [-0.2, -0.15) is 15.5 Å². The molecule has 170 valence electrons. The van der Waals surface area contributed by atoms with Crippen molar-refractivity contribution in [2.45, 2.75) is 0 Å². The molecule has 0 aliphatic carbocycles. The number of phosphoric acid groups is 1. The van der Waals surface area contributed by atoms with E-state index in [1.807, 2.05) is 0 Å². The Kier molecular flexibility index (Phi) is 7.33. The summed E-state index contributed by atoms with van der Waals surface area (Å²) in [5, 5.41) is 1.45. The Bertz CT molecular complexity index is 939. The van der Waals surface area contributed by atoms with Crippen molar-refractivity contribution in [3.8, 4) is 0 Å². The number of nitrogens with zero attached hydrogens (tertiary/aromatic N) is 3. The number of rotatable bonds is 9. The summed E-state index contributed by atoms with van der Waals surface area (Å²) in [7, 11) is -4.80. The minimum Gasteiger partial charge on any atom is -0.222 e. The molecule has 0 fully saturated rings. The molecule has 0 atom stereocenters. The molecule has 0 unspecified atom stereocenters. The summed E-state index contributed by atoms with van der Waals surface area (Å²) in [6, 6.07) is 13.8. The highest BCUT2D eigenvalue weighted by Crippen LogP contribution is 2.52. The van der Waals surface area contributed by atoms with Crippen LogP contribution in [0.1, 0.15) is 0 Å². The molecule has 0 radical (unpaired) electrons. The number of anilines is 3. The third-order valence-corrected chi connectivity index (χ3v) is 4.94. The van der Waals surface area contributed by atoms with E-state index in [1.54, 1.807) is 0 Å². The van der Waals surface area contributed by atoms with Gasteiger partial charge in [-0.3, -0.25) is 0 Å². The van der Waals surface area contributed by atoms with Gasteiger partial charge in [-0.05, 0) is 72.8 Å². The average molecular weight is 470 g/mol. The fourth-order valence-corrected chi connectivity index (χ4v) is 3.29. The molecule has 0 saturated heterocycles. The fourth-order valence-electron chi connectivity index (χ4n) is 2.27. The topological polar surface area (TPSA) is 133 Å². The second-order valence-corrected chi connectivity index (χ2v) is 7.48. The van der Waals surface area contributed by atoms with E-state index in [0.29, 0.717) is 15.5 Å². The first-order chi connectivity index (χ1) is 15.1. The van der Waals surface area contributed by atoms with Crippen molar-refractivity contribution in [3.63, 3.8) is 0 Å².